The van der Waals surface area contributed by atoms with Crippen molar-refractivity contribution >= 4 is 44.6 Å². The van der Waals surface area contributed by atoms with Gasteiger partial charge in [-0.2, -0.15) is 12.1 Å². The first-order chi connectivity index (χ1) is 32.3. The van der Waals surface area contributed by atoms with Crippen molar-refractivity contribution in [2.45, 2.75) is 97.8 Å². The quantitative estimate of drug-likeness (QED) is 0.142. The van der Waals surface area contributed by atoms with Crippen LogP contribution in [-0.4, -0.2) is 9.55 Å². The van der Waals surface area contributed by atoms with Gasteiger partial charge in [-0.05, 0) is 91.4 Å². The molecule has 0 spiro atoms. The third kappa shape index (κ3) is 9.03. The van der Waals surface area contributed by atoms with Gasteiger partial charge in [-0.3, -0.25) is 0 Å². The summed E-state index contributed by atoms with van der Waals surface area (Å²) < 4.78 is 9.03. The van der Waals surface area contributed by atoms with Gasteiger partial charge in [0.25, 0.3) is 0 Å². The summed E-state index contributed by atoms with van der Waals surface area (Å²) in [6, 6.07) is 63.9. The van der Waals surface area contributed by atoms with Crippen LogP contribution in [0, 0.1) is 18.8 Å². The van der Waals surface area contributed by atoms with E-state index in [4.69, 9.17) is 9.72 Å². The van der Waals surface area contributed by atoms with E-state index in [1.165, 1.54) is 27.8 Å². The first-order valence-corrected chi connectivity index (χ1v) is 23.9. The molecule has 69 heavy (non-hydrogen) atoms. The molecule has 10 rings (SSSR count). The molecule has 3 heterocycles. The van der Waals surface area contributed by atoms with Gasteiger partial charge in [-0.25, -0.2) is 4.98 Å². The Hall–Kier alpha value is -6.42. The average Bonchev–Trinajstić information content (AvgIpc) is 3.87. The Morgan fingerprint density at radius 1 is 0.507 bits per heavy atom. The fraction of sp³-hybridized carbons (Fsp3) is 0.238. The Labute approximate surface area is 424 Å². The Bertz CT molecular complexity index is 3300. The van der Waals surface area contributed by atoms with Crippen molar-refractivity contribution in [2.75, 3.05) is 9.80 Å². The monoisotopic (exact) mass is 1080 g/mol. The predicted octanol–water partition coefficient (Wildman–Crippen LogP) is 16.9. The molecular formula is C63H61N4OPt-3. The van der Waals surface area contributed by atoms with Crippen molar-refractivity contribution in [1.82, 2.24) is 9.55 Å². The number of para-hydroxylation sites is 1. The maximum Gasteiger partial charge on any atom is 0.135 e. The molecule has 0 radical (unpaired) electrons. The zero-order valence-electron chi connectivity index (χ0n) is 41.7. The minimum Gasteiger partial charge on any atom is -0.509 e. The number of ether oxygens (including phenoxy) is 1. The average molecular weight is 1090 g/mol. The van der Waals surface area contributed by atoms with Crippen LogP contribution in [0.4, 0.5) is 22.7 Å². The van der Waals surface area contributed by atoms with Crippen LogP contribution in [0.5, 0.6) is 11.5 Å². The molecule has 1 aliphatic heterocycles. The van der Waals surface area contributed by atoms with Crippen LogP contribution in [0.1, 0.15) is 104 Å². The van der Waals surface area contributed by atoms with Gasteiger partial charge >= 0.3 is 0 Å². The molecule has 7 aromatic carbocycles. The standard InChI is InChI=1S/C63H61N4O.Pt/c1-60(2,3)44-28-31-55-54(37-44)53-30-29-51(40-57(53)67(55)58-38-45(32-33-64-58)63(10,11)43-22-16-13-17-23-43)68-50-25-18-24-48(39-50)65-41-66(49-35-46(61(4,5)6)34-47(36-49)62(7,8)9)59-52(26-19-27-56(59)65)42-20-14-12-15-21-42;/h12-38,41H,1-11H3;/q-3;. The number of pyridine rings is 1. The molecule has 0 saturated heterocycles. The zero-order chi connectivity index (χ0) is 47.8. The summed E-state index contributed by atoms with van der Waals surface area (Å²) in [5, 5.41) is 2.25. The first kappa shape index (κ1) is 47.6. The molecule has 1 aliphatic rings. The molecule has 0 N–H and O–H groups in total. The number of fused-ring (bicyclic) bond motifs is 4. The van der Waals surface area contributed by atoms with Gasteiger partial charge < -0.3 is 19.1 Å². The van der Waals surface area contributed by atoms with Crippen LogP contribution in [-0.2, 0) is 42.7 Å². The van der Waals surface area contributed by atoms with Gasteiger partial charge in [0.2, 0.25) is 0 Å². The van der Waals surface area contributed by atoms with Crippen LogP contribution in [0.15, 0.2) is 164 Å². The number of rotatable bonds is 8. The molecule has 0 amide bonds. The fourth-order valence-corrected chi connectivity index (χ4v) is 9.46. The number of benzene rings is 7. The van der Waals surface area contributed by atoms with Gasteiger partial charge in [0, 0.05) is 72.3 Å². The number of hydrogen-bond acceptors (Lipinski definition) is 4. The minimum atomic E-state index is -0.241. The molecule has 0 saturated carbocycles. The SMILES string of the molecule is CC(C)(C)c1cc(N2[CH-]N(c3[c-]c(Oc4[c-]c5c(cc4)c4cc(C(C)(C)C)ccc4n5-c4cc(C(C)(C)c5ccccc5)ccn4)ccc3)c3cccc(-c4ccccc4)c32)cc(C(C)(C)C)c1.[Pt]. The van der Waals surface area contributed by atoms with Crippen molar-refractivity contribution in [2.24, 2.45) is 0 Å². The van der Waals surface area contributed by atoms with E-state index in [1.54, 1.807) is 0 Å². The topological polar surface area (TPSA) is 33.5 Å². The second-order valence-corrected chi connectivity index (χ2v) is 22.0. The van der Waals surface area contributed by atoms with Gasteiger partial charge in [-0.1, -0.05) is 173 Å². The second-order valence-electron chi connectivity index (χ2n) is 22.0. The maximum atomic E-state index is 6.79. The number of nitrogens with zero attached hydrogens (tertiary/aromatic N) is 4. The van der Waals surface area contributed by atoms with Gasteiger partial charge in [0.05, 0.1) is 0 Å². The van der Waals surface area contributed by atoms with E-state index in [0.717, 1.165) is 61.5 Å². The molecule has 9 aromatic rings. The first-order valence-electron chi connectivity index (χ1n) is 23.9. The third-order valence-electron chi connectivity index (χ3n) is 13.7. The minimum absolute atomic E-state index is 0. The molecule has 352 valence electrons. The summed E-state index contributed by atoms with van der Waals surface area (Å²) in [5.41, 5.74) is 14.4. The van der Waals surface area contributed by atoms with Gasteiger partial charge in [0.1, 0.15) is 5.82 Å². The summed E-state index contributed by atoms with van der Waals surface area (Å²) in [6.45, 7) is 27.3. The Morgan fingerprint density at radius 3 is 1.84 bits per heavy atom. The van der Waals surface area contributed by atoms with Crippen LogP contribution < -0.4 is 14.5 Å². The van der Waals surface area contributed by atoms with Crippen molar-refractivity contribution in [3.63, 3.8) is 0 Å². The largest absolute Gasteiger partial charge is 0.509 e. The van der Waals surface area contributed by atoms with Crippen LogP contribution in [0.25, 0.3) is 38.8 Å². The van der Waals surface area contributed by atoms with E-state index >= 15 is 0 Å². The number of anilines is 4. The van der Waals surface area contributed by atoms with Crippen molar-refractivity contribution < 1.29 is 25.8 Å². The third-order valence-corrected chi connectivity index (χ3v) is 13.7. The van der Waals surface area contributed by atoms with Crippen molar-refractivity contribution in [1.29, 1.82) is 0 Å². The van der Waals surface area contributed by atoms with E-state index in [9.17, 15) is 0 Å². The number of hydrogen-bond donors (Lipinski definition) is 0. The van der Waals surface area contributed by atoms with E-state index < -0.39 is 0 Å². The van der Waals surface area contributed by atoms with Gasteiger partial charge in [0.15, 0.2) is 0 Å². The zero-order valence-corrected chi connectivity index (χ0v) is 44.0. The summed E-state index contributed by atoms with van der Waals surface area (Å²) in [4.78, 5) is 9.62. The molecule has 6 heteroatoms. The number of aromatic nitrogens is 2. The van der Waals surface area contributed by atoms with Crippen LogP contribution >= 0.6 is 0 Å². The normalized spacial score (nSPS) is 13.2. The molecule has 0 bridgehead atoms. The molecule has 0 atom stereocenters. The maximum absolute atomic E-state index is 6.79. The van der Waals surface area contributed by atoms with Crippen LogP contribution in [0.3, 0.4) is 0 Å². The second kappa shape index (κ2) is 17.8. The van der Waals surface area contributed by atoms with E-state index in [0.29, 0.717) is 11.5 Å². The van der Waals surface area contributed by atoms with E-state index in [1.807, 2.05) is 24.4 Å². The Kier molecular flexibility index (Phi) is 12.3. The fourth-order valence-electron chi connectivity index (χ4n) is 9.46. The molecule has 0 unspecified atom stereocenters. The molecular weight excluding hydrogens is 1020 g/mol. The molecule has 0 aliphatic carbocycles. The molecule has 2 aromatic heterocycles. The summed E-state index contributed by atoms with van der Waals surface area (Å²) in [5.74, 6) is 2.03. The Balaban J connectivity index is 0.00000593. The summed E-state index contributed by atoms with van der Waals surface area (Å²) in [7, 11) is 0. The van der Waals surface area contributed by atoms with Crippen molar-refractivity contribution in [3.8, 4) is 28.4 Å². The van der Waals surface area contributed by atoms with E-state index in [2.05, 4.69) is 249 Å². The molecule has 0 fully saturated rings. The van der Waals surface area contributed by atoms with Gasteiger partial charge in [-0.15, -0.1) is 48.1 Å². The predicted molar refractivity (Wildman–Crippen MR) is 284 cm³/mol. The summed E-state index contributed by atoms with van der Waals surface area (Å²) in [6.07, 6.45) is 1.93. The molecule has 5 nitrogen and oxygen atoms in total. The Morgan fingerprint density at radius 2 is 1.16 bits per heavy atom. The summed E-state index contributed by atoms with van der Waals surface area (Å²) >= 11 is 0. The van der Waals surface area contributed by atoms with Crippen molar-refractivity contribution in [3.05, 3.63) is 211 Å². The smallest absolute Gasteiger partial charge is 0.135 e. The van der Waals surface area contributed by atoms with E-state index in [-0.39, 0.29) is 42.7 Å². The van der Waals surface area contributed by atoms with Crippen LogP contribution in [0.2, 0.25) is 0 Å².